The Bertz CT molecular complexity index is 1040. The SMILES string of the molecule is C[C@H](CC(=O)c1ccno1)c1ccc(O[C@@H]2CCN(c3ccc(OCC4CC4)cc3)C2)cc1. The van der Waals surface area contributed by atoms with E-state index in [1.54, 1.807) is 6.07 Å². The number of anilines is 1. The Morgan fingerprint density at radius 1 is 1.06 bits per heavy atom. The highest BCUT2D eigenvalue weighted by atomic mass is 16.5. The maximum atomic E-state index is 12.2. The van der Waals surface area contributed by atoms with Gasteiger partial charge in [0.15, 0.2) is 0 Å². The molecule has 33 heavy (non-hydrogen) atoms. The Morgan fingerprint density at radius 2 is 1.82 bits per heavy atom. The van der Waals surface area contributed by atoms with Crippen LogP contribution in [0.3, 0.4) is 0 Å². The lowest BCUT2D eigenvalue weighted by Crippen LogP contribution is -2.24. The van der Waals surface area contributed by atoms with Crippen LogP contribution in [0.1, 0.15) is 54.6 Å². The molecule has 6 nitrogen and oxygen atoms in total. The molecule has 1 aromatic heterocycles. The Hall–Kier alpha value is -3.28. The van der Waals surface area contributed by atoms with Crippen molar-refractivity contribution in [2.45, 2.75) is 44.6 Å². The van der Waals surface area contributed by atoms with Crippen molar-refractivity contribution in [3.05, 3.63) is 72.1 Å². The third kappa shape index (κ3) is 5.56. The van der Waals surface area contributed by atoms with Gasteiger partial charge in [-0.2, -0.15) is 0 Å². The van der Waals surface area contributed by atoms with Crippen molar-refractivity contribution in [3.8, 4) is 11.5 Å². The van der Waals surface area contributed by atoms with Crippen LogP contribution in [0.5, 0.6) is 11.5 Å². The van der Waals surface area contributed by atoms with E-state index in [9.17, 15) is 4.79 Å². The van der Waals surface area contributed by atoms with Gasteiger partial charge in [-0.05, 0) is 66.6 Å². The molecule has 0 spiro atoms. The van der Waals surface area contributed by atoms with E-state index in [1.165, 1.54) is 24.7 Å². The van der Waals surface area contributed by atoms with Crippen molar-refractivity contribution in [2.24, 2.45) is 5.92 Å². The molecule has 3 aromatic rings. The number of carbonyl (C=O) groups is 1. The first-order valence-electron chi connectivity index (χ1n) is 11.8. The van der Waals surface area contributed by atoms with Crippen molar-refractivity contribution in [2.75, 3.05) is 24.6 Å². The van der Waals surface area contributed by atoms with Crippen molar-refractivity contribution < 1.29 is 18.8 Å². The smallest absolute Gasteiger partial charge is 0.202 e. The third-order valence-electron chi connectivity index (χ3n) is 6.49. The number of rotatable bonds is 10. The highest BCUT2D eigenvalue weighted by molar-refractivity contribution is 5.93. The van der Waals surface area contributed by atoms with Crippen molar-refractivity contribution >= 4 is 11.5 Å². The zero-order chi connectivity index (χ0) is 22.6. The maximum Gasteiger partial charge on any atom is 0.202 e. The molecule has 2 aliphatic rings. The van der Waals surface area contributed by atoms with E-state index in [1.807, 2.05) is 31.2 Å². The molecular formula is C27H30N2O4. The lowest BCUT2D eigenvalue weighted by Gasteiger charge is -2.20. The molecule has 2 atom stereocenters. The van der Waals surface area contributed by atoms with Crippen molar-refractivity contribution in [1.82, 2.24) is 5.16 Å². The van der Waals surface area contributed by atoms with Crippen LogP contribution in [-0.4, -0.2) is 36.7 Å². The minimum atomic E-state index is -0.0334. The van der Waals surface area contributed by atoms with Crippen LogP contribution < -0.4 is 14.4 Å². The van der Waals surface area contributed by atoms with Gasteiger partial charge >= 0.3 is 0 Å². The van der Waals surface area contributed by atoms with Crippen LogP contribution in [0.4, 0.5) is 5.69 Å². The standard InChI is InChI=1S/C27H30N2O4/c1-19(16-26(30)27-12-14-28-33-27)21-4-8-24(9-5-21)32-25-13-15-29(17-25)22-6-10-23(11-7-22)31-18-20-2-3-20/h4-12,14,19-20,25H,2-3,13,15-18H2,1H3/t19-,25-/m1/s1. The molecule has 2 heterocycles. The van der Waals surface area contributed by atoms with Crippen LogP contribution in [0.15, 0.2) is 65.3 Å². The first-order chi connectivity index (χ1) is 16.1. The summed E-state index contributed by atoms with van der Waals surface area (Å²) in [6.45, 7) is 4.73. The van der Waals surface area contributed by atoms with Crippen LogP contribution in [0.2, 0.25) is 0 Å². The zero-order valence-corrected chi connectivity index (χ0v) is 19.0. The lowest BCUT2D eigenvalue weighted by molar-refractivity contribution is 0.0939. The summed E-state index contributed by atoms with van der Waals surface area (Å²) in [6, 6.07) is 18.1. The summed E-state index contributed by atoms with van der Waals surface area (Å²) in [5.74, 6) is 2.95. The summed E-state index contributed by atoms with van der Waals surface area (Å²) in [7, 11) is 0. The first kappa shape index (κ1) is 21.6. The highest BCUT2D eigenvalue weighted by Crippen LogP contribution is 2.31. The van der Waals surface area contributed by atoms with Gasteiger partial charge in [-0.3, -0.25) is 4.79 Å². The number of benzene rings is 2. The second kappa shape index (κ2) is 9.69. The molecule has 1 aliphatic carbocycles. The Morgan fingerprint density at radius 3 is 2.52 bits per heavy atom. The fourth-order valence-electron chi connectivity index (χ4n) is 4.23. The Kier molecular flexibility index (Phi) is 6.33. The summed E-state index contributed by atoms with van der Waals surface area (Å²) in [5, 5.41) is 3.61. The van der Waals surface area contributed by atoms with Crippen molar-refractivity contribution in [3.63, 3.8) is 0 Å². The average Bonchev–Trinajstić information content (AvgIpc) is 3.29. The third-order valence-corrected chi connectivity index (χ3v) is 6.49. The minimum absolute atomic E-state index is 0.0334. The molecule has 5 rings (SSSR count). The molecule has 172 valence electrons. The van der Waals surface area contributed by atoms with E-state index in [4.69, 9.17) is 14.0 Å². The second-order valence-electron chi connectivity index (χ2n) is 9.20. The molecular weight excluding hydrogens is 416 g/mol. The normalized spacial score (nSPS) is 18.8. The largest absolute Gasteiger partial charge is 0.493 e. The number of nitrogens with zero attached hydrogens (tertiary/aromatic N) is 2. The molecule has 1 saturated heterocycles. The predicted octanol–water partition coefficient (Wildman–Crippen LogP) is 5.50. The fraction of sp³-hybridized carbons (Fsp3) is 0.407. The van der Waals surface area contributed by atoms with Gasteiger partial charge in [-0.15, -0.1) is 0 Å². The van der Waals surface area contributed by atoms with Gasteiger partial charge in [-0.25, -0.2) is 0 Å². The number of carbonyl (C=O) groups excluding carboxylic acids is 1. The zero-order valence-electron chi connectivity index (χ0n) is 19.0. The van der Waals surface area contributed by atoms with E-state index in [-0.39, 0.29) is 17.8 Å². The second-order valence-corrected chi connectivity index (χ2v) is 9.20. The number of hydrogen-bond donors (Lipinski definition) is 0. The molecule has 2 fully saturated rings. The number of aromatic nitrogens is 1. The van der Waals surface area contributed by atoms with Gasteiger partial charge in [0, 0.05) is 31.1 Å². The first-order valence-corrected chi connectivity index (χ1v) is 11.8. The molecule has 0 amide bonds. The minimum Gasteiger partial charge on any atom is -0.493 e. The number of hydrogen-bond acceptors (Lipinski definition) is 6. The number of ether oxygens (including phenoxy) is 2. The van der Waals surface area contributed by atoms with Crippen LogP contribution in [0.25, 0.3) is 0 Å². The quantitative estimate of drug-likeness (QED) is 0.383. The fourth-order valence-corrected chi connectivity index (χ4v) is 4.23. The molecule has 1 saturated carbocycles. The van der Waals surface area contributed by atoms with Crippen LogP contribution in [-0.2, 0) is 0 Å². The van der Waals surface area contributed by atoms with E-state index in [0.717, 1.165) is 49.1 Å². The summed E-state index contributed by atoms with van der Waals surface area (Å²) in [6.07, 6.45) is 5.64. The molecule has 0 radical (unpaired) electrons. The number of ketones is 1. The van der Waals surface area contributed by atoms with E-state index >= 15 is 0 Å². The van der Waals surface area contributed by atoms with Crippen molar-refractivity contribution in [1.29, 1.82) is 0 Å². The van der Waals surface area contributed by atoms with Gasteiger partial charge in [0.05, 0.1) is 19.3 Å². The van der Waals surface area contributed by atoms with Crippen LogP contribution >= 0.6 is 0 Å². The summed E-state index contributed by atoms with van der Waals surface area (Å²) in [4.78, 5) is 14.6. The molecule has 0 bridgehead atoms. The van der Waals surface area contributed by atoms with E-state index in [2.05, 4.69) is 34.3 Å². The summed E-state index contributed by atoms with van der Waals surface area (Å²) in [5.41, 5.74) is 2.31. The van der Waals surface area contributed by atoms with Crippen LogP contribution in [0, 0.1) is 5.92 Å². The van der Waals surface area contributed by atoms with Gasteiger partial charge in [0.25, 0.3) is 0 Å². The van der Waals surface area contributed by atoms with Gasteiger partial charge < -0.3 is 18.9 Å². The monoisotopic (exact) mass is 446 g/mol. The highest BCUT2D eigenvalue weighted by Gasteiger charge is 2.25. The topological polar surface area (TPSA) is 64.8 Å². The van der Waals surface area contributed by atoms with E-state index in [0.29, 0.717) is 12.2 Å². The molecule has 0 N–H and O–H groups in total. The Labute approximate surface area is 194 Å². The average molecular weight is 447 g/mol. The molecule has 6 heteroatoms. The lowest BCUT2D eigenvalue weighted by atomic mass is 9.95. The molecule has 0 unspecified atom stereocenters. The molecule has 2 aromatic carbocycles. The summed E-state index contributed by atoms with van der Waals surface area (Å²) >= 11 is 0. The molecule has 1 aliphatic heterocycles. The van der Waals surface area contributed by atoms with E-state index < -0.39 is 0 Å². The van der Waals surface area contributed by atoms with Gasteiger partial charge in [-0.1, -0.05) is 24.2 Å². The predicted molar refractivity (Wildman–Crippen MR) is 126 cm³/mol. The number of Topliss-reactive ketones (excluding diaryl/α,β-unsaturated/α-hetero) is 1. The summed E-state index contributed by atoms with van der Waals surface area (Å²) < 4.78 is 17.0. The van der Waals surface area contributed by atoms with Gasteiger partial charge in [0.1, 0.15) is 17.6 Å². The maximum absolute atomic E-state index is 12.2. The Balaban J connectivity index is 1.11. The van der Waals surface area contributed by atoms with Gasteiger partial charge in [0.2, 0.25) is 11.5 Å².